The summed E-state index contributed by atoms with van der Waals surface area (Å²) in [7, 11) is 0. The first-order chi connectivity index (χ1) is 6.77. The van der Waals surface area contributed by atoms with E-state index in [0.717, 1.165) is 19.5 Å². The summed E-state index contributed by atoms with van der Waals surface area (Å²) in [5, 5.41) is 18.6. The van der Waals surface area contributed by atoms with Gasteiger partial charge in [0, 0.05) is 12.6 Å². The summed E-state index contributed by atoms with van der Waals surface area (Å²) in [5.41, 5.74) is 0. The standard InChI is InChI=1S/C11H23NO2/c1-2-3-4-5-6-12-8-11(14)7-10(12)9-13/h10-11,13-14H,2-9H2,1H3. The van der Waals surface area contributed by atoms with Crippen LogP contribution in [0.5, 0.6) is 0 Å². The van der Waals surface area contributed by atoms with E-state index < -0.39 is 0 Å². The monoisotopic (exact) mass is 201 g/mol. The van der Waals surface area contributed by atoms with Crippen LogP contribution in [-0.4, -0.2) is 47.0 Å². The molecule has 3 nitrogen and oxygen atoms in total. The van der Waals surface area contributed by atoms with Gasteiger partial charge in [-0.05, 0) is 19.4 Å². The highest BCUT2D eigenvalue weighted by Crippen LogP contribution is 2.18. The Bertz CT molecular complexity index is 152. The van der Waals surface area contributed by atoms with Crippen LogP contribution in [0.3, 0.4) is 0 Å². The van der Waals surface area contributed by atoms with Crippen LogP contribution < -0.4 is 0 Å². The van der Waals surface area contributed by atoms with Crippen molar-refractivity contribution in [3.8, 4) is 0 Å². The fourth-order valence-electron chi connectivity index (χ4n) is 2.16. The van der Waals surface area contributed by atoms with E-state index in [1.807, 2.05) is 0 Å². The first kappa shape index (κ1) is 12.0. The molecule has 1 heterocycles. The Balaban J connectivity index is 2.15. The Morgan fingerprint density at radius 3 is 2.71 bits per heavy atom. The molecular formula is C11H23NO2. The van der Waals surface area contributed by atoms with E-state index in [1.54, 1.807) is 0 Å². The zero-order chi connectivity index (χ0) is 10.4. The molecule has 2 unspecified atom stereocenters. The fourth-order valence-corrected chi connectivity index (χ4v) is 2.16. The van der Waals surface area contributed by atoms with Crippen molar-refractivity contribution in [2.75, 3.05) is 19.7 Å². The van der Waals surface area contributed by atoms with E-state index in [-0.39, 0.29) is 18.8 Å². The van der Waals surface area contributed by atoms with Crippen molar-refractivity contribution in [1.82, 2.24) is 4.90 Å². The Labute approximate surface area is 86.7 Å². The van der Waals surface area contributed by atoms with Crippen molar-refractivity contribution in [3.63, 3.8) is 0 Å². The third-order valence-corrected chi connectivity index (χ3v) is 3.02. The van der Waals surface area contributed by atoms with E-state index in [2.05, 4.69) is 11.8 Å². The molecule has 0 aromatic rings. The van der Waals surface area contributed by atoms with Gasteiger partial charge in [-0.1, -0.05) is 26.2 Å². The van der Waals surface area contributed by atoms with Crippen molar-refractivity contribution in [2.24, 2.45) is 0 Å². The summed E-state index contributed by atoms with van der Waals surface area (Å²) >= 11 is 0. The Morgan fingerprint density at radius 2 is 2.07 bits per heavy atom. The fraction of sp³-hybridized carbons (Fsp3) is 1.00. The zero-order valence-electron chi connectivity index (χ0n) is 9.15. The lowest BCUT2D eigenvalue weighted by Gasteiger charge is -2.21. The smallest absolute Gasteiger partial charge is 0.0683 e. The summed E-state index contributed by atoms with van der Waals surface area (Å²) < 4.78 is 0. The van der Waals surface area contributed by atoms with Crippen LogP contribution >= 0.6 is 0 Å². The van der Waals surface area contributed by atoms with Crippen LogP contribution in [0.25, 0.3) is 0 Å². The third kappa shape index (κ3) is 3.56. The normalized spacial score (nSPS) is 28.5. The predicted octanol–water partition coefficient (Wildman–Crippen LogP) is 0.994. The average Bonchev–Trinajstić information content (AvgIpc) is 2.54. The van der Waals surface area contributed by atoms with Crippen molar-refractivity contribution < 1.29 is 10.2 Å². The molecule has 2 N–H and O–H groups in total. The van der Waals surface area contributed by atoms with Crippen molar-refractivity contribution in [1.29, 1.82) is 0 Å². The molecule has 0 spiro atoms. The molecular weight excluding hydrogens is 178 g/mol. The highest BCUT2D eigenvalue weighted by Gasteiger charge is 2.29. The number of nitrogens with zero attached hydrogens (tertiary/aromatic N) is 1. The number of rotatable bonds is 6. The number of unbranched alkanes of at least 4 members (excludes halogenated alkanes) is 3. The van der Waals surface area contributed by atoms with Crippen molar-refractivity contribution >= 4 is 0 Å². The molecule has 1 saturated heterocycles. The minimum absolute atomic E-state index is 0.185. The quantitative estimate of drug-likeness (QED) is 0.630. The molecule has 0 amide bonds. The van der Waals surface area contributed by atoms with Gasteiger partial charge < -0.3 is 10.2 Å². The number of hydrogen-bond acceptors (Lipinski definition) is 3. The second-order valence-corrected chi connectivity index (χ2v) is 4.28. The van der Waals surface area contributed by atoms with Crippen molar-refractivity contribution in [2.45, 2.75) is 51.2 Å². The Hall–Kier alpha value is -0.120. The molecule has 0 radical (unpaired) electrons. The van der Waals surface area contributed by atoms with E-state index in [4.69, 9.17) is 5.11 Å². The molecule has 1 aliphatic rings. The summed E-state index contributed by atoms with van der Waals surface area (Å²) in [6.45, 7) is 4.17. The van der Waals surface area contributed by atoms with Crippen LogP contribution in [0.1, 0.15) is 39.0 Å². The molecule has 3 heteroatoms. The lowest BCUT2D eigenvalue weighted by molar-refractivity contribution is 0.153. The second kappa shape index (κ2) is 6.38. The predicted molar refractivity (Wildman–Crippen MR) is 57.2 cm³/mol. The van der Waals surface area contributed by atoms with Crippen LogP contribution in [-0.2, 0) is 0 Å². The molecule has 0 bridgehead atoms. The third-order valence-electron chi connectivity index (χ3n) is 3.02. The molecule has 0 aliphatic carbocycles. The van der Waals surface area contributed by atoms with Gasteiger partial charge in [-0.15, -0.1) is 0 Å². The van der Waals surface area contributed by atoms with Crippen LogP contribution in [0.2, 0.25) is 0 Å². The largest absolute Gasteiger partial charge is 0.395 e. The molecule has 0 saturated carbocycles. The van der Waals surface area contributed by atoms with Crippen molar-refractivity contribution in [3.05, 3.63) is 0 Å². The molecule has 2 atom stereocenters. The number of aliphatic hydroxyl groups is 2. The lowest BCUT2D eigenvalue weighted by atomic mass is 10.2. The average molecular weight is 201 g/mol. The zero-order valence-corrected chi connectivity index (χ0v) is 9.15. The van der Waals surface area contributed by atoms with Gasteiger partial charge in [0.15, 0.2) is 0 Å². The van der Waals surface area contributed by atoms with Crippen LogP contribution in [0.15, 0.2) is 0 Å². The lowest BCUT2D eigenvalue weighted by Crippen LogP contribution is -2.33. The van der Waals surface area contributed by atoms with E-state index >= 15 is 0 Å². The molecule has 1 aliphatic heterocycles. The van der Waals surface area contributed by atoms with Crippen LogP contribution in [0.4, 0.5) is 0 Å². The number of β-amino-alcohol motifs (C(OH)–C–C–N with tert-alkyl or cyclic N) is 1. The van der Waals surface area contributed by atoms with Gasteiger partial charge in [-0.2, -0.15) is 0 Å². The van der Waals surface area contributed by atoms with E-state index in [1.165, 1.54) is 25.7 Å². The molecule has 14 heavy (non-hydrogen) atoms. The number of hydrogen-bond donors (Lipinski definition) is 2. The van der Waals surface area contributed by atoms with Gasteiger partial charge in [0.1, 0.15) is 0 Å². The summed E-state index contributed by atoms with van der Waals surface area (Å²) in [6, 6.07) is 0.201. The summed E-state index contributed by atoms with van der Waals surface area (Å²) in [5.74, 6) is 0. The Kier molecular flexibility index (Phi) is 5.45. The van der Waals surface area contributed by atoms with Gasteiger partial charge >= 0.3 is 0 Å². The minimum Gasteiger partial charge on any atom is -0.395 e. The first-order valence-electron chi connectivity index (χ1n) is 5.81. The molecule has 1 fully saturated rings. The highest BCUT2D eigenvalue weighted by molar-refractivity contribution is 4.84. The van der Waals surface area contributed by atoms with Gasteiger partial charge in [0.2, 0.25) is 0 Å². The van der Waals surface area contributed by atoms with Gasteiger partial charge in [0.05, 0.1) is 12.7 Å². The maximum atomic E-state index is 9.45. The summed E-state index contributed by atoms with van der Waals surface area (Å²) in [6.07, 6.45) is 5.52. The molecule has 0 aromatic carbocycles. The van der Waals surface area contributed by atoms with Crippen LogP contribution in [0, 0.1) is 0 Å². The maximum absolute atomic E-state index is 9.45. The molecule has 1 rings (SSSR count). The second-order valence-electron chi connectivity index (χ2n) is 4.28. The van der Waals surface area contributed by atoms with E-state index in [9.17, 15) is 5.11 Å². The topological polar surface area (TPSA) is 43.7 Å². The van der Waals surface area contributed by atoms with E-state index in [0.29, 0.717) is 0 Å². The number of aliphatic hydroxyl groups excluding tert-OH is 2. The maximum Gasteiger partial charge on any atom is 0.0683 e. The van der Waals surface area contributed by atoms with Gasteiger partial charge in [0.25, 0.3) is 0 Å². The van der Waals surface area contributed by atoms with Gasteiger partial charge in [-0.25, -0.2) is 0 Å². The minimum atomic E-state index is -0.224. The first-order valence-corrected chi connectivity index (χ1v) is 5.81. The Morgan fingerprint density at radius 1 is 1.29 bits per heavy atom. The molecule has 84 valence electrons. The SMILES string of the molecule is CCCCCCN1CC(O)CC1CO. The molecule has 0 aromatic heterocycles. The van der Waals surface area contributed by atoms with Gasteiger partial charge in [-0.3, -0.25) is 4.90 Å². The number of likely N-dealkylation sites (tertiary alicyclic amines) is 1. The highest BCUT2D eigenvalue weighted by atomic mass is 16.3. The summed E-state index contributed by atoms with van der Waals surface area (Å²) in [4.78, 5) is 2.22.